The Bertz CT molecular complexity index is 1470. The molecule has 3 amide bonds. The number of anilines is 1. The second kappa shape index (κ2) is 15.5. The number of amides is 3. The van der Waals surface area contributed by atoms with Crippen molar-refractivity contribution in [3.05, 3.63) is 29.8 Å². The summed E-state index contributed by atoms with van der Waals surface area (Å²) in [5.41, 5.74) is -1.42. The highest BCUT2D eigenvalue weighted by molar-refractivity contribution is 7.23. The number of nitrogens with zero attached hydrogens (tertiary/aromatic N) is 2. The summed E-state index contributed by atoms with van der Waals surface area (Å²) in [6.07, 6.45) is 0.930. The molecule has 1 aromatic carbocycles. The summed E-state index contributed by atoms with van der Waals surface area (Å²) in [5.74, 6) is -2.05. The van der Waals surface area contributed by atoms with Crippen LogP contribution in [0.1, 0.15) is 77.6 Å². The first-order valence-electron chi connectivity index (χ1n) is 16.5. The van der Waals surface area contributed by atoms with Gasteiger partial charge in [0.1, 0.15) is 10.6 Å². The molecule has 47 heavy (non-hydrogen) atoms. The zero-order valence-corrected chi connectivity index (χ0v) is 29.1. The Morgan fingerprint density at radius 2 is 1.74 bits per heavy atom. The van der Waals surface area contributed by atoms with Gasteiger partial charge in [-0.2, -0.15) is 0 Å². The van der Waals surface area contributed by atoms with Crippen LogP contribution in [-0.4, -0.2) is 97.2 Å². The molecule has 3 unspecified atom stereocenters. The van der Waals surface area contributed by atoms with Crippen LogP contribution in [0, 0.1) is 11.3 Å². The standard InChI is InChI=1S/C34H48N4O8S/c1-7-35-26(39)19-34(31(42)45-9-3)16-12-17-38(21-34)24-15-18-37(20-23(24)30(41)44-8-2)29(40)27-22-13-10-11-14-25(22)47-28(27)36-32(43)46-33(4,5)6/h10-11,13-14,23-24H,7-9,12,15-21H2,1-6H3,(H,35,39)(H,36,43). The Kier molecular flexibility index (Phi) is 11.9. The van der Waals surface area contributed by atoms with E-state index in [2.05, 4.69) is 15.5 Å². The van der Waals surface area contributed by atoms with E-state index in [0.717, 1.165) is 4.70 Å². The van der Waals surface area contributed by atoms with E-state index in [1.54, 1.807) is 39.5 Å². The molecule has 0 spiro atoms. The number of carbonyl (C=O) groups is 5. The van der Waals surface area contributed by atoms with Crippen LogP contribution in [0.25, 0.3) is 10.1 Å². The molecule has 0 saturated carbocycles. The van der Waals surface area contributed by atoms with Crippen molar-refractivity contribution >= 4 is 56.3 Å². The molecule has 0 bridgehead atoms. The smallest absolute Gasteiger partial charge is 0.412 e. The van der Waals surface area contributed by atoms with Gasteiger partial charge in [0.15, 0.2) is 0 Å². The molecule has 0 aliphatic carbocycles. The van der Waals surface area contributed by atoms with Crippen LogP contribution in [0.2, 0.25) is 0 Å². The zero-order chi connectivity index (χ0) is 34.4. The number of hydrogen-bond donors (Lipinski definition) is 2. The molecule has 2 saturated heterocycles. The second-order valence-corrected chi connectivity index (χ2v) is 14.2. The van der Waals surface area contributed by atoms with E-state index in [9.17, 15) is 24.0 Å². The molecule has 2 aliphatic rings. The van der Waals surface area contributed by atoms with E-state index in [4.69, 9.17) is 14.2 Å². The molecule has 2 aliphatic heterocycles. The van der Waals surface area contributed by atoms with E-state index < -0.39 is 35.0 Å². The monoisotopic (exact) mass is 672 g/mol. The zero-order valence-electron chi connectivity index (χ0n) is 28.3. The first kappa shape index (κ1) is 36.1. The van der Waals surface area contributed by atoms with Crippen molar-refractivity contribution < 1.29 is 38.2 Å². The van der Waals surface area contributed by atoms with Gasteiger partial charge in [0, 0.05) is 48.7 Å². The summed E-state index contributed by atoms with van der Waals surface area (Å²) < 4.78 is 17.3. The number of benzene rings is 1. The first-order chi connectivity index (χ1) is 22.3. The predicted molar refractivity (Wildman–Crippen MR) is 179 cm³/mol. The molecular formula is C34H48N4O8S. The average molecular weight is 673 g/mol. The normalized spacial score (nSPS) is 22.0. The number of likely N-dealkylation sites (tertiary alicyclic amines) is 2. The van der Waals surface area contributed by atoms with Crippen molar-refractivity contribution in [1.29, 1.82) is 0 Å². The molecule has 3 heterocycles. The van der Waals surface area contributed by atoms with Crippen LogP contribution in [0.5, 0.6) is 0 Å². The highest BCUT2D eigenvalue weighted by atomic mass is 32.1. The average Bonchev–Trinajstić information content (AvgIpc) is 3.37. The quantitative estimate of drug-likeness (QED) is 0.268. The molecule has 4 rings (SSSR count). The number of thiophene rings is 1. The van der Waals surface area contributed by atoms with Crippen LogP contribution in [0.3, 0.4) is 0 Å². The summed E-state index contributed by atoms with van der Waals surface area (Å²) in [5, 5.41) is 6.66. The number of fused-ring (bicyclic) bond motifs is 1. The Balaban J connectivity index is 1.62. The molecule has 12 nitrogen and oxygen atoms in total. The lowest BCUT2D eigenvalue weighted by atomic mass is 9.75. The van der Waals surface area contributed by atoms with Crippen LogP contribution in [0.4, 0.5) is 9.80 Å². The van der Waals surface area contributed by atoms with E-state index in [0.29, 0.717) is 54.8 Å². The van der Waals surface area contributed by atoms with Gasteiger partial charge >= 0.3 is 18.0 Å². The number of piperidine rings is 2. The molecule has 1 aromatic heterocycles. The SMILES string of the molecule is CCNC(=O)CC1(C(=O)OCC)CCCN(C2CCN(C(=O)c3c(NC(=O)OC(C)(C)C)sc4ccccc34)CC2C(=O)OCC)C1. The van der Waals surface area contributed by atoms with Crippen LogP contribution in [0.15, 0.2) is 24.3 Å². The summed E-state index contributed by atoms with van der Waals surface area (Å²) >= 11 is 1.29. The lowest BCUT2D eigenvalue weighted by Gasteiger charge is -2.48. The van der Waals surface area contributed by atoms with Crippen molar-refractivity contribution in [2.45, 2.75) is 78.9 Å². The molecule has 3 atom stereocenters. The number of nitrogens with one attached hydrogen (secondary N) is 2. The largest absolute Gasteiger partial charge is 0.466 e. The van der Waals surface area contributed by atoms with E-state index in [1.807, 2.05) is 31.2 Å². The van der Waals surface area contributed by atoms with Gasteiger partial charge in [0.2, 0.25) is 5.91 Å². The van der Waals surface area contributed by atoms with Crippen LogP contribution >= 0.6 is 11.3 Å². The Morgan fingerprint density at radius 1 is 1.02 bits per heavy atom. The summed E-state index contributed by atoms with van der Waals surface area (Å²) in [4.78, 5) is 70.4. The van der Waals surface area contributed by atoms with E-state index in [-0.39, 0.29) is 50.6 Å². The van der Waals surface area contributed by atoms with Gasteiger partial charge in [0.05, 0.1) is 30.1 Å². The van der Waals surface area contributed by atoms with Crippen molar-refractivity contribution in [2.24, 2.45) is 11.3 Å². The van der Waals surface area contributed by atoms with Crippen LogP contribution in [-0.2, 0) is 28.6 Å². The number of esters is 2. The second-order valence-electron chi connectivity index (χ2n) is 13.1. The molecule has 2 aromatic rings. The molecule has 13 heteroatoms. The summed E-state index contributed by atoms with van der Waals surface area (Å²) in [6.45, 7) is 12.8. The fourth-order valence-electron chi connectivity index (χ4n) is 6.63. The third kappa shape index (κ3) is 8.61. The van der Waals surface area contributed by atoms with Gasteiger partial charge in [-0.05, 0) is 73.4 Å². The minimum atomic E-state index is -1.04. The Hall–Kier alpha value is -3.71. The minimum absolute atomic E-state index is 0.00374. The summed E-state index contributed by atoms with van der Waals surface area (Å²) in [7, 11) is 0. The van der Waals surface area contributed by atoms with Crippen molar-refractivity contribution in [2.75, 3.05) is 51.3 Å². The van der Waals surface area contributed by atoms with Gasteiger partial charge in [-0.3, -0.25) is 29.4 Å². The number of hydrogen-bond acceptors (Lipinski definition) is 10. The lowest BCUT2D eigenvalue weighted by Crippen LogP contribution is -2.60. The predicted octanol–water partition coefficient (Wildman–Crippen LogP) is 4.81. The van der Waals surface area contributed by atoms with Gasteiger partial charge in [-0.15, -0.1) is 11.3 Å². The maximum absolute atomic E-state index is 14.3. The molecule has 2 fully saturated rings. The van der Waals surface area contributed by atoms with Crippen molar-refractivity contribution in [3.63, 3.8) is 0 Å². The van der Waals surface area contributed by atoms with Gasteiger partial charge < -0.3 is 24.4 Å². The maximum atomic E-state index is 14.3. The fraction of sp³-hybridized carbons (Fsp3) is 0.618. The molecule has 2 N–H and O–H groups in total. The van der Waals surface area contributed by atoms with Gasteiger partial charge in [0.25, 0.3) is 5.91 Å². The molecular weight excluding hydrogens is 624 g/mol. The van der Waals surface area contributed by atoms with Crippen molar-refractivity contribution in [1.82, 2.24) is 15.1 Å². The van der Waals surface area contributed by atoms with E-state index in [1.165, 1.54) is 11.3 Å². The number of carbonyl (C=O) groups excluding carboxylic acids is 5. The number of rotatable bonds is 10. The Morgan fingerprint density at radius 3 is 2.43 bits per heavy atom. The third-order valence-corrected chi connectivity index (χ3v) is 9.62. The van der Waals surface area contributed by atoms with Gasteiger partial charge in [-0.25, -0.2) is 4.79 Å². The van der Waals surface area contributed by atoms with Gasteiger partial charge in [-0.1, -0.05) is 18.2 Å². The van der Waals surface area contributed by atoms with Crippen molar-refractivity contribution in [3.8, 4) is 0 Å². The highest BCUT2D eigenvalue weighted by Gasteiger charge is 2.49. The Labute approximate surface area is 280 Å². The summed E-state index contributed by atoms with van der Waals surface area (Å²) in [6, 6.07) is 7.11. The molecule has 0 radical (unpaired) electrons. The molecule has 258 valence electrons. The third-order valence-electron chi connectivity index (χ3n) is 8.53. The fourth-order valence-corrected chi connectivity index (χ4v) is 7.71. The first-order valence-corrected chi connectivity index (χ1v) is 17.3. The van der Waals surface area contributed by atoms with E-state index >= 15 is 0 Å². The topological polar surface area (TPSA) is 144 Å². The minimum Gasteiger partial charge on any atom is -0.466 e. The number of ether oxygens (including phenoxy) is 3. The lowest BCUT2D eigenvalue weighted by molar-refractivity contribution is -0.164. The highest BCUT2D eigenvalue weighted by Crippen LogP contribution is 2.40. The van der Waals surface area contributed by atoms with Crippen LogP contribution < -0.4 is 10.6 Å². The maximum Gasteiger partial charge on any atom is 0.412 e.